The standard InChI is InChI=1S/C15H19N3O2S/c1-2-20-10-5-8-18(9-6-10)15(19)14-12(16)13-11(21-14)4-3-7-17-13/h3-4,7,10H,2,5-6,8-9,16H2,1H3. The lowest BCUT2D eigenvalue weighted by Gasteiger charge is -2.31. The Morgan fingerprint density at radius 3 is 2.95 bits per heavy atom. The molecule has 0 bridgehead atoms. The van der Waals surface area contributed by atoms with E-state index in [-0.39, 0.29) is 12.0 Å². The van der Waals surface area contributed by atoms with Crippen LogP contribution < -0.4 is 5.73 Å². The summed E-state index contributed by atoms with van der Waals surface area (Å²) in [6.45, 7) is 4.19. The van der Waals surface area contributed by atoms with Crippen molar-refractivity contribution >= 4 is 33.1 Å². The van der Waals surface area contributed by atoms with E-state index >= 15 is 0 Å². The van der Waals surface area contributed by atoms with Gasteiger partial charge in [-0.15, -0.1) is 11.3 Å². The molecule has 0 radical (unpaired) electrons. The molecule has 1 aliphatic rings. The van der Waals surface area contributed by atoms with Crippen molar-refractivity contribution in [3.05, 3.63) is 23.2 Å². The van der Waals surface area contributed by atoms with Gasteiger partial charge in [-0.25, -0.2) is 0 Å². The Morgan fingerprint density at radius 2 is 2.29 bits per heavy atom. The number of carbonyl (C=O) groups excluding carboxylic acids is 1. The number of hydrogen-bond acceptors (Lipinski definition) is 5. The Balaban J connectivity index is 1.77. The first-order chi connectivity index (χ1) is 10.2. The number of hydrogen-bond donors (Lipinski definition) is 1. The molecule has 0 saturated carbocycles. The molecule has 1 amide bonds. The summed E-state index contributed by atoms with van der Waals surface area (Å²) in [4.78, 5) is 19.4. The Morgan fingerprint density at radius 1 is 1.52 bits per heavy atom. The minimum atomic E-state index is 0.0189. The highest BCUT2D eigenvalue weighted by Gasteiger charge is 2.27. The summed E-state index contributed by atoms with van der Waals surface area (Å²) in [6, 6.07) is 3.81. The number of thiophene rings is 1. The second kappa shape index (κ2) is 5.99. The van der Waals surface area contributed by atoms with Crippen LogP contribution in [0.4, 0.5) is 5.69 Å². The molecule has 0 unspecified atom stereocenters. The predicted octanol–water partition coefficient (Wildman–Crippen LogP) is 2.52. The zero-order valence-corrected chi connectivity index (χ0v) is 12.9. The maximum atomic E-state index is 12.6. The summed E-state index contributed by atoms with van der Waals surface area (Å²) < 4.78 is 6.58. The molecule has 0 aromatic carbocycles. The molecule has 2 aromatic heterocycles. The molecule has 1 aliphatic heterocycles. The zero-order chi connectivity index (χ0) is 14.8. The van der Waals surface area contributed by atoms with Crippen LogP contribution in [-0.2, 0) is 4.74 Å². The largest absolute Gasteiger partial charge is 0.396 e. The Bertz CT molecular complexity index is 647. The highest BCUT2D eigenvalue weighted by molar-refractivity contribution is 7.21. The van der Waals surface area contributed by atoms with Crippen molar-refractivity contribution in [1.82, 2.24) is 9.88 Å². The van der Waals surface area contributed by atoms with Crippen LogP contribution in [0.25, 0.3) is 10.2 Å². The van der Waals surface area contributed by atoms with Crippen molar-refractivity contribution in [3.8, 4) is 0 Å². The number of aromatic nitrogens is 1. The number of amides is 1. The van der Waals surface area contributed by atoms with Crippen molar-refractivity contribution in [2.24, 2.45) is 0 Å². The first kappa shape index (κ1) is 14.3. The zero-order valence-electron chi connectivity index (χ0n) is 12.0. The molecule has 6 heteroatoms. The molecule has 3 rings (SSSR count). The molecule has 0 atom stereocenters. The lowest BCUT2D eigenvalue weighted by atomic mass is 10.1. The van der Waals surface area contributed by atoms with Gasteiger partial charge in [-0.1, -0.05) is 0 Å². The number of carbonyl (C=O) groups is 1. The molecule has 1 fully saturated rings. The van der Waals surface area contributed by atoms with Crippen molar-refractivity contribution in [3.63, 3.8) is 0 Å². The van der Waals surface area contributed by atoms with Crippen molar-refractivity contribution in [2.75, 3.05) is 25.4 Å². The smallest absolute Gasteiger partial charge is 0.266 e. The molecular weight excluding hydrogens is 286 g/mol. The molecule has 2 N–H and O–H groups in total. The normalized spacial score (nSPS) is 16.5. The van der Waals surface area contributed by atoms with E-state index in [1.54, 1.807) is 6.20 Å². The Labute approximate surface area is 127 Å². The number of piperidine rings is 1. The third-order valence-corrected chi connectivity index (χ3v) is 4.96. The number of nitrogen functional groups attached to an aromatic ring is 1. The van der Waals surface area contributed by atoms with Crippen molar-refractivity contribution in [1.29, 1.82) is 0 Å². The number of fused-ring (bicyclic) bond motifs is 1. The van der Waals surface area contributed by atoms with E-state index in [0.29, 0.717) is 10.6 Å². The molecule has 1 saturated heterocycles. The van der Waals surface area contributed by atoms with Crippen LogP contribution in [0, 0.1) is 0 Å². The second-order valence-electron chi connectivity index (χ2n) is 5.14. The van der Waals surface area contributed by atoms with Gasteiger partial charge in [-0.3, -0.25) is 9.78 Å². The van der Waals surface area contributed by atoms with E-state index in [4.69, 9.17) is 10.5 Å². The van der Waals surface area contributed by atoms with Crippen LogP contribution in [-0.4, -0.2) is 41.6 Å². The predicted molar refractivity (Wildman–Crippen MR) is 84.6 cm³/mol. The highest BCUT2D eigenvalue weighted by atomic mass is 32.1. The van der Waals surface area contributed by atoms with Crippen LogP contribution in [0.15, 0.2) is 18.3 Å². The summed E-state index contributed by atoms with van der Waals surface area (Å²) >= 11 is 1.43. The van der Waals surface area contributed by atoms with E-state index in [1.807, 2.05) is 24.0 Å². The van der Waals surface area contributed by atoms with E-state index in [0.717, 1.165) is 42.8 Å². The summed E-state index contributed by atoms with van der Waals surface area (Å²) in [5, 5.41) is 0. The first-order valence-electron chi connectivity index (χ1n) is 7.24. The van der Waals surface area contributed by atoms with E-state index in [2.05, 4.69) is 4.98 Å². The molecular formula is C15H19N3O2S. The number of likely N-dealkylation sites (tertiary alicyclic amines) is 1. The van der Waals surface area contributed by atoms with Gasteiger partial charge in [-0.05, 0) is 31.9 Å². The summed E-state index contributed by atoms with van der Waals surface area (Å²) in [7, 11) is 0. The van der Waals surface area contributed by atoms with Gasteiger partial charge < -0.3 is 15.4 Å². The van der Waals surface area contributed by atoms with Gasteiger partial charge in [0, 0.05) is 25.9 Å². The fraction of sp³-hybridized carbons (Fsp3) is 0.467. The van der Waals surface area contributed by atoms with Gasteiger partial charge in [0.15, 0.2) is 0 Å². The fourth-order valence-corrected chi connectivity index (χ4v) is 3.76. The lowest BCUT2D eigenvalue weighted by molar-refractivity contribution is 0.0148. The SMILES string of the molecule is CCOC1CCN(C(=O)c2sc3cccnc3c2N)CC1. The number of anilines is 1. The minimum absolute atomic E-state index is 0.0189. The van der Waals surface area contributed by atoms with Gasteiger partial charge in [0.1, 0.15) is 10.4 Å². The molecule has 3 heterocycles. The van der Waals surface area contributed by atoms with Gasteiger partial charge in [-0.2, -0.15) is 0 Å². The van der Waals surface area contributed by atoms with Gasteiger partial charge in [0.05, 0.1) is 16.5 Å². The summed E-state index contributed by atoms with van der Waals surface area (Å²) in [6.07, 6.45) is 3.76. The number of nitrogens with zero attached hydrogens (tertiary/aromatic N) is 2. The van der Waals surface area contributed by atoms with Gasteiger partial charge in [0.2, 0.25) is 0 Å². The fourth-order valence-electron chi connectivity index (χ4n) is 2.71. The third-order valence-electron chi connectivity index (χ3n) is 3.81. The maximum Gasteiger partial charge on any atom is 0.266 e. The lowest BCUT2D eigenvalue weighted by Crippen LogP contribution is -2.40. The third kappa shape index (κ3) is 2.73. The molecule has 21 heavy (non-hydrogen) atoms. The summed E-state index contributed by atoms with van der Waals surface area (Å²) in [5.41, 5.74) is 7.34. The average molecular weight is 305 g/mol. The Hall–Kier alpha value is -1.66. The number of pyridine rings is 1. The molecule has 5 nitrogen and oxygen atoms in total. The Kier molecular flexibility index (Phi) is 4.07. The van der Waals surface area contributed by atoms with Crippen molar-refractivity contribution in [2.45, 2.75) is 25.9 Å². The summed E-state index contributed by atoms with van der Waals surface area (Å²) in [5.74, 6) is 0.0189. The van der Waals surface area contributed by atoms with Gasteiger partial charge in [0.25, 0.3) is 5.91 Å². The second-order valence-corrected chi connectivity index (χ2v) is 6.19. The highest BCUT2D eigenvalue weighted by Crippen LogP contribution is 2.33. The topological polar surface area (TPSA) is 68.5 Å². The number of ether oxygens (including phenoxy) is 1. The van der Waals surface area contributed by atoms with E-state index in [1.165, 1.54) is 11.3 Å². The number of nitrogens with two attached hydrogens (primary N) is 1. The maximum absolute atomic E-state index is 12.6. The van der Waals surface area contributed by atoms with Crippen molar-refractivity contribution < 1.29 is 9.53 Å². The monoisotopic (exact) mass is 305 g/mol. The van der Waals surface area contributed by atoms with E-state index in [9.17, 15) is 4.79 Å². The van der Waals surface area contributed by atoms with Crippen LogP contribution >= 0.6 is 11.3 Å². The van der Waals surface area contributed by atoms with Gasteiger partial charge >= 0.3 is 0 Å². The van der Waals surface area contributed by atoms with Crippen LogP contribution in [0.3, 0.4) is 0 Å². The molecule has 2 aromatic rings. The molecule has 0 spiro atoms. The quantitative estimate of drug-likeness (QED) is 0.946. The van der Waals surface area contributed by atoms with Crippen LogP contribution in [0.5, 0.6) is 0 Å². The molecule has 112 valence electrons. The average Bonchev–Trinajstić information content (AvgIpc) is 2.85. The number of rotatable bonds is 3. The van der Waals surface area contributed by atoms with Crippen LogP contribution in [0.2, 0.25) is 0 Å². The molecule has 0 aliphatic carbocycles. The minimum Gasteiger partial charge on any atom is -0.396 e. The van der Waals surface area contributed by atoms with E-state index < -0.39 is 0 Å². The first-order valence-corrected chi connectivity index (χ1v) is 8.06. The van der Waals surface area contributed by atoms with Crippen LogP contribution in [0.1, 0.15) is 29.4 Å².